The molecule has 1 fully saturated rings. The molecule has 0 spiro atoms. The van der Waals surface area contributed by atoms with E-state index in [0.29, 0.717) is 0 Å². The van der Waals surface area contributed by atoms with Crippen molar-refractivity contribution in [2.75, 3.05) is 19.6 Å². The first-order chi connectivity index (χ1) is 6.11. The highest BCUT2D eigenvalue weighted by molar-refractivity contribution is 5.77. The molecule has 0 radical (unpaired) electrons. The zero-order chi connectivity index (χ0) is 10.0. The van der Waals surface area contributed by atoms with E-state index in [9.17, 15) is 4.79 Å². The van der Waals surface area contributed by atoms with Crippen LogP contribution in [0.5, 0.6) is 0 Å². The molecular weight excluding hydrogens is 164 g/mol. The van der Waals surface area contributed by atoms with E-state index in [1.165, 1.54) is 0 Å². The molecule has 1 aliphatic heterocycles. The fourth-order valence-electron chi connectivity index (χ4n) is 1.74. The first-order valence-electron chi connectivity index (χ1n) is 4.82. The van der Waals surface area contributed by atoms with Gasteiger partial charge < -0.3 is 9.80 Å². The van der Waals surface area contributed by atoms with Gasteiger partial charge in [0.05, 0.1) is 6.04 Å². The van der Waals surface area contributed by atoms with E-state index in [4.69, 9.17) is 0 Å². The maximum Gasteiger partial charge on any atom is 0.320 e. The molecule has 74 valence electrons. The summed E-state index contributed by atoms with van der Waals surface area (Å²) in [6.45, 7) is 12.3. The van der Waals surface area contributed by atoms with Crippen LogP contribution in [0.2, 0.25) is 0 Å². The topological polar surface area (TPSA) is 23.6 Å². The summed E-state index contributed by atoms with van der Waals surface area (Å²) in [4.78, 5) is 15.4. The zero-order valence-electron chi connectivity index (χ0n) is 8.71. The normalized spacial score (nSPS) is 22.7. The fourth-order valence-corrected chi connectivity index (χ4v) is 1.74. The number of hydrogen-bond acceptors (Lipinski definition) is 1. The van der Waals surface area contributed by atoms with Gasteiger partial charge in [-0.15, -0.1) is 0 Å². The predicted octanol–water partition coefficient (Wildman–Crippen LogP) is 1.71. The largest absolute Gasteiger partial charge is 0.323 e. The molecule has 0 aromatic rings. The number of nitrogens with zero attached hydrogens (tertiary/aromatic N) is 2. The number of hydrogen-bond donors (Lipinski definition) is 0. The van der Waals surface area contributed by atoms with Crippen LogP contribution in [0.1, 0.15) is 20.8 Å². The van der Waals surface area contributed by atoms with E-state index in [-0.39, 0.29) is 12.1 Å². The highest BCUT2D eigenvalue weighted by Crippen LogP contribution is 2.19. The van der Waals surface area contributed by atoms with Crippen LogP contribution in [0.25, 0.3) is 0 Å². The van der Waals surface area contributed by atoms with Crippen molar-refractivity contribution in [3.05, 3.63) is 12.2 Å². The quantitative estimate of drug-likeness (QED) is 0.609. The molecule has 0 aromatic heterocycles. The van der Waals surface area contributed by atoms with E-state index in [2.05, 4.69) is 6.58 Å². The molecule has 0 bridgehead atoms. The standard InChI is InChI=1S/C10H18N2O/c1-5-11-7-9(8(3)4)12(6-2)10(11)13/h9H,3,5-7H2,1-2,4H3. The Morgan fingerprint density at radius 3 is 2.46 bits per heavy atom. The van der Waals surface area contributed by atoms with Crippen LogP contribution in [-0.2, 0) is 0 Å². The first kappa shape index (κ1) is 10.1. The third-order valence-electron chi connectivity index (χ3n) is 2.58. The summed E-state index contributed by atoms with van der Waals surface area (Å²) in [5.41, 5.74) is 1.08. The average Bonchev–Trinajstić information content (AvgIpc) is 2.42. The van der Waals surface area contributed by atoms with Gasteiger partial charge in [0.25, 0.3) is 0 Å². The van der Waals surface area contributed by atoms with Crippen molar-refractivity contribution in [1.29, 1.82) is 0 Å². The van der Waals surface area contributed by atoms with Crippen molar-refractivity contribution in [2.45, 2.75) is 26.8 Å². The van der Waals surface area contributed by atoms with Gasteiger partial charge in [-0.3, -0.25) is 0 Å². The summed E-state index contributed by atoms with van der Waals surface area (Å²) < 4.78 is 0. The minimum atomic E-state index is 0.151. The second-order valence-corrected chi connectivity index (χ2v) is 3.47. The maximum atomic E-state index is 11.7. The van der Waals surface area contributed by atoms with E-state index >= 15 is 0 Å². The van der Waals surface area contributed by atoms with Crippen molar-refractivity contribution in [2.24, 2.45) is 0 Å². The second-order valence-electron chi connectivity index (χ2n) is 3.47. The van der Waals surface area contributed by atoms with Crippen LogP contribution < -0.4 is 0 Å². The second kappa shape index (κ2) is 3.81. The first-order valence-corrected chi connectivity index (χ1v) is 4.82. The van der Waals surface area contributed by atoms with Crippen LogP contribution in [0.4, 0.5) is 4.79 Å². The van der Waals surface area contributed by atoms with Gasteiger partial charge in [-0.2, -0.15) is 0 Å². The van der Waals surface area contributed by atoms with Crippen molar-refractivity contribution >= 4 is 6.03 Å². The highest BCUT2D eigenvalue weighted by atomic mass is 16.2. The molecule has 1 saturated heterocycles. The Kier molecular flexibility index (Phi) is 2.96. The van der Waals surface area contributed by atoms with Crippen molar-refractivity contribution in [3.8, 4) is 0 Å². The molecule has 1 rings (SSSR count). The third-order valence-corrected chi connectivity index (χ3v) is 2.58. The lowest BCUT2D eigenvalue weighted by Crippen LogP contribution is -2.35. The predicted molar refractivity (Wildman–Crippen MR) is 53.6 cm³/mol. The van der Waals surface area contributed by atoms with Gasteiger partial charge >= 0.3 is 6.03 Å². The van der Waals surface area contributed by atoms with Gasteiger partial charge in [-0.25, -0.2) is 4.79 Å². The molecule has 13 heavy (non-hydrogen) atoms. The minimum absolute atomic E-state index is 0.151. The monoisotopic (exact) mass is 182 g/mol. The number of urea groups is 1. The lowest BCUT2D eigenvalue weighted by molar-refractivity contribution is 0.192. The summed E-state index contributed by atoms with van der Waals surface area (Å²) in [5.74, 6) is 0. The van der Waals surface area contributed by atoms with Crippen LogP contribution in [0, 0.1) is 0 Å². The van der Waals surface area contributed by atoms with Crippen LogP contribution >= 0.6 is 0 Å². The maximum absolute atomic E-state index is 11.7. The van der Waals surface area contributed by atoms with Crippen molar-refractivity contribution in [3.63, 3.8) is 0 Å². The molecular formula is C10H18N2O. The average molecular weight is 182 g/mol. The molecule has 1 heterocycles. The Labute approximate surface area is 80.0 Å². The van der Waals surface area contributed by atoms with E-state index < -0.39 is 0 Å². The van der Waals surface area contributed by atoms with Crippen LogP contribution in [0.15, 0.2) is 12.2 Å². The summed E-state index contributed by atoms with van der Waals surface area (Å²) in [5, 5.41) is 0. The number of amides is 2. The van der Waals surface area contributed by atoms with Crippen molar-refractivity contribution in [1.82, 2.24) is 9.80 Å². The van der Waals surface area contributed by atoms with Gasteiger partial charge in [0.15, 0.2) is 0 Å². The molecule has 3 nitrogen and oxygen atoms in total. The summed E-state index contributed by atoms with van der Waals surface area (Å²) in [7, 11) is 0. The number of carbonyl (C=O) groups excluding carboxylic acids is 1. The Morgan fingerprint density at radius 1 is 1.54 bits per heavy atom. The SMILES string of the molecule is C=C(C)C1CN(CC)C(=O)N1CC. The molecule has 3 heteroatoms. The summed E-state index contributed by atoms with van der Waals surface area (Å²) in [6, 6.07) is 0.371. The third kappa shape index (κ3) is 1.69. The smallest absolute Gasteiger partial charge is 0.320 e. The molecule has 0 aromatic carbocycles. The number of likely N-dealkylation sites (N-methyl/N-ethyl adjacent to an activating group) is 2. The summed E-state index contributed by atoms with van der Waals surface area (Å²) in [6.07, 6.45) is 0. The minimum Gasteiger partial charge on any atom is -0.323 e. The van der Waals surface area contributed by atoms with Crippen LogP contribution in [0.3, 0.4) is 0 Å². The van der Waals surface area contributed by atoms with E-state index in [1.807, 2.05) is 30.6 Å². The van der Waals surface area contributed by atoms with Gasteiger partial charge in [0.2, 0.25) is 0 Å². The highest BCUT2D eigenvalue weighted by Gasteiger charge is 2.35. The van der Waals surface area contributed by atoms with Crippen molar-refractivity contribution < 1.29 is 4.79 Å². The van der Waals surface area contributed by atoms with E-state index in [1.54, 1.807) is 0 Å². The molecule has 0 saturated carbocycles. The Hall–Kier alpha value is -0.990. The van der Waals surface area contributed by atoms with E-state index in [0.717, 1.165) is 25.2 Å². The number of rotatable bonds is 3. The fraction of sp³-hybridized carbons (Fsp3) is 0.700. The Balaban J connectivity index is 2.78. The van der Waals surface area contributed by atoms with Gasteiger partial charge in [-0.1, -0.05) is 12.2 Å². The molecule has 2 amide bonds. The lowest BCUT2D eigenvalue weighted by atomic mass is 10.1. The molecule has 0 N–H and O–H groups in total. The van der Waals surface area contributed by atoms with Gasteiger partial charge in [-0.05, 0) is 20.8 Å². The Bertz CT molecular complexity index is 225. The number of carbonyl (C=O) groups is 1. The molecule has 1 atom stereocenters. The van der Waals surface area contributed by atoms with Crippen LogP contribution in [-0.4, -0.2) is 41.5 Å². The Morgan fingerprint density at radius 2 is 2.15 bits per heavy atom. The van der Waals surface area contributed by atoms with Gasteiger partial charge in [0, 0.05) is 19.6 Å². The zero-order valence-corrected chi connectivity index (χ0v) is 8.71. The molecule has 0 aliphatic carbocycles. The molecule has 1 aliphatic rings. The molecule has 1 unspecified atom stereocenters. The lowest BCUT2D eigenvalue weighted by Gasteiger charge is -2.21. The van der Waals surface area contributed by atoms with Gasteiger partial charge in [0.1, 0.15) is 0 Å². The summed E-state index contributed by atoms with van der Waals surface area (Å²) >= 11 is 0.